The van der Waals surface area contributed by atoms with Crippen LogP contribution in [0, 0.1) is 25.2 Å². The van der Waals surface area contributed by atoms with Crippen LogP contribution in [0.4, 0.5) is 0 Å². The number of nitrogens with zero attached hydrogens (tertiary/aromatic N) is 2. The van der Waals surface area contributed by atoms with E-state index in [2.05, 4.69) is 5.32 Å². The van der Waals surface area contributed by atoms with Crippen LogP contribution in [0.1, 0.15) is 41.2 Å². The highest BCUT2D eigenvalue weighted by Crippen LogP contribution is 2.23. The minimum atomic E-state index is -0.994. The fraction of sp³-hybridized carbons (Fsp3) is 0.250. The van der Waals surface area contributed by atoms with Gasteiger partial charge in [-0.2, -0.15) is 5.26 Å². The molecule has 0 spiro atoms. The highest BCUT2D eigenvalue weighted by Gasteiger charge is 2.15. The number of carbonyl (C=O) groups is 2. The van der Waals surface area contributed by atoms with Crippen molar-refractivity contribution in [1.82, 2.24) is 9.88 Å². The van der Waals surface area contributed by atoms with E-state index in [0.717, 1.165) is 17.0 Å². The topological polar surface area (TPSA) is 95.1 Å². The third-order valence-corrected chi connectivity index (χ3v) is 3.91. The molecule has 0 fully saturated rings. The number of hydrogen-bond acceptors (Lipinski definition) is 3. The maximum absolute atomic E-state index is 12.1. The first-order valence-corrected chi connectivity index (χ1v) is 8.20. The van der Waals surface area contributed by atoms with Gasteiger partial charge < -0.3 is 15.0 Å². The lowest BCUT2D eigenvalue weighted by Gasteiger charge is -2.10. The van der Waals surface area contributed by atoms with Gasteiger partial charge in [-0.05, 0) is 63.6 Å². The van der Waals surface area contributed by atoms with Crippen LogP contribution in [-0.4, -0.2) is 27.6 Å². The molecule has 1 amide bonds. The number of aromatic nitrogens is 1. The molecule has 1 heterocycles. The molecule has 2 aromatic rings. The number of carbonyl (C=O) groups excluding carboxylic acids is 1. The third kappa shape index (κ3) is 4.01. The molecular formula is C20H21N3O3. The fourth-order valence-electron chi connectivity index (χ4n) is 2.75. The normalized spacial score (nSPS) is 11.3. The summed E-state index contributed by atoms with van der Waals surface area (Å²) in [6, 6.07) is 10.4. The summed E-state index contributed by atoms with van der Waals surface area (Å²) in [7, 11) is 0. The molecule has 6 heteroatoms. The average molecular weight is 351 g/mol. The summed E-state index contributed by atoms with van der Waals surface area (Å²) in [4.78, 5) is 23.3. The number of carboxylic acid groups (broad SMARTS) is 1. The number of aryl methyl sites for hydroxylation is 1. The van der Waals surface area contributed by atoms with Crippen LogP contribution in [0.2, 0.25) is 0 Å². The van der Waals surface area contributed by atoms with Gasteiger partial charge in [0.1, 0.15) is 11.6 Å². The van der Waals surface area contributed by atoms with Crippen molar-refractivity contribution in [2.75, 3.05) is 0 Å². The zero-order chi connectivity index (χ0) is 19.4. The van der Waals surface area contributed by atoms with E-state index < -0.39 is 11.9 Å². The molecule has 0 aliphatic heterocycles. The van der Waals surface area contributed by atoms with E-state index in [0.29, 0.717) is 5.69 Å². The Morgan fingerprint density at radius 1 is 1.27 bits per heavy atom. The van der Waals surface area contributed by atoms with E-state index in [1.165, 1.54) is 6.07 Å². The molecule has 0 saturated carbocycles. The van der Waals surface area contributed by atoms with E-state index >= 15 is 0 Å². The van der Waals surface area contributed by atoms with Gasteiger partial charge >= 0.3 is 5.97 Å². The second kappa shape index (κ2) is 7.70. The number of carboxylic acids is 1. The van der Waals surface area contributed by atoms with Crippen LogP contribution in [0.25, 0.3) is 11.8 Å². The third-order valence-electron chi connectivity index (χ3n) is 3.91. The van der Waals surface area contributed by atoms with Crippen molar-refractivity contribution in [3.05, 3.63) is 58.4 Å². The summed E-state index contributed by atoms with van der Waals surface area (Å²) in [5.41, 5.74) is 3.36. The summed E-state index contributed by atoms with van der Waals surface area (Å²) in [6.07, 6.45) is 1.55. The van der Waals surface area contributed by atoms with Crippen molar-refractivity contribution in [2.45, 2.75) is 33.7 Å². The van der Waals surface area contributed by atoms with Gasteiger partial charge in [-0.25, -0.2) is 4.79 Å². The van der Waals surface area contributed by atoms with Crippen LogP contribution in [0.15, 0.2) is 35.9 Å². The van der Waals surface area contributed by atoms with Gasteiger partial charge in [0.25, 0.3) is 5.91 Å². The van der Waals surface area contributed by atoms with E-state index in [9.17, 15) is 20.0 Å². The average Bonchev–Trinajstić information content (AvgIpc) is 2.85. The zero-order valence-corrected chi connectivity index (χ0v) is 15.2. The lowest BCUT2D eigenvalue weighted by Crippen LogP contribution is -2.30. The lowest BCUT2D eigenvalue weighted by atomic mass is 10.1. The van der Waals surface area contributed by atoms with Crippen molar-refractivity contribution in [3.63, 3.8) is 0 Å². The van der Waals surface area contributed by atoms with Gasteiger partial charge in [-0.1, -0.05) is 6.07 Å². The second-order valence-corrected chi connectivity index (χ2v) is 6.32. The predicted molar refractivity (Wildman–Crippen MR) is 99.1 cm³/mol. The molecule has 26 heavy (non-hydrogen) atoms. The van der Waals surface area contributed by atoms with E-state index in [1.807, 2.05) is 50.5 Å². The highest BCUT2D eigenvalue weighted by molar-refractivity contribution is 6.02. The minimum absolute atomic E-state index is 0.0261. The summed E-state index contributed by atoms with van der Waals surface area (Å²) in [6.45, 7) is 7.40. The number of nitriles is 1. The zero-order valence-electron chi connectivity index (χ0n) is 15.2. The highest BCUT2D eigenvalue weighted by atomic mass is 16.4. The largest absolute Gasteiger partial charge is 0.478 e. The Kier molecular flexibility index (Phi) is 5.63. The smallest absolute Gasteiger partial charge is 0.335 e. The summed E-state index contributed by atoms with van der Waals surface area (Å²) >= 11 is 0. The standard InChI is InChI=1S/C20H21N3O3/c1-12(2)22-19(24)17(11-21)9-16-8-13(3)23(14(16)4)18-7-5-6-15(10-18)20(25)26/h5-10,12H,1-4H3,(H,22,24)(H,25,26)/b17-9-. The molecule has 0 radical (unpaired) electrons. The minimum Gasteiger partial charge on any atom is -0.478 e. The number of aromatic carboxylic acids is 1. The molecule has 1 aromatic heterocycles. The quantitative estimate of drug-likeness (QED) is 0.639. The first-order chi connectivity index (χ1) is 12.2. The molecule has 2 rings (SSSR count). The second-order valence-electron chi connectivity index (χ2n) is 6.32. The van der Waals surface area contributed by atoms with Gasteiger partial charge in [-0.15, -0.1) is 0 Å². The molecule has 0 unspecified atom stereocenters. The number of amides is 1. The first kappa shape index (κ1) is 19.0. The Morgan fingerprint density at radius 2 is 1.96 bits per heavy atom. The van der Waals surface area contributed by atoms with Crippen LogP contribution >= 0.6 is 0 Å². The molecule has 0 saturated heterocycles. The predicted octanol–water partition coefficient (Wildman–Crippen LogP) is 3.22. The number of hydrogen-bond donors (Lipinski definition) is 2. The number of rotatable bonds is 5. The maximum Gasteiger partial charge on any atom is 0.335 e. The Bertz CT molecular complexity index is 930. The SMILES string of the molecule is Cc1cc(/C=C(/C#N)C(=O)NC(C)C)c(C)n1-c1cccc(C(=O)O)c1. The molecule has 0 bridgehead atoms. The van der Waals surface area contributed by atoms with Gasteiger partial charge in [0.2, 0.25) is 0 Å². The van der Waals surface area contributed by atoms with E-state index in [1.54, 1.807) is 18.2 Å². The van der Waals surface area contributed by atoms with Crippen molar-refractivity contribution in [1.29, 1.82) is 5.26 Å². The molecular weight excluding hydrogens is 330 g/mol. The van der Waals surface area contributed by atoms with E-state index in [4.69, 9.17) is 0 Å². The lowest BCUT2D eigenvalue weighted by molar-refractivity contribution is -0.117. The monoisotopic (exact) mass is 351 g/mol. The Balaban J connectivity index is 2.50. The van der Waals surface area contributed by atoms with Crippen molar-refractivity contribution in [3.8, 4) is 11.8 Å². The van der Waals surface area contributed by atoms with Crippen molar-refractivity contribution >= 4 is 18.0 Å². The van der Waals surface area contributed by atoms with Crippen LogP contribution in [0.5, 0.6) is 0 Å². The van der Waals surface area contributed by atoms with Crippen molar-refractivity contribution < 1.29 is 14.7 Å². The summed E-state index contributed by atoms with van der Waals surface area (Å²) < 4.78 is 1.90. The van der Waals surface area contributed by atoms with Gasteiger partial charge in [0, 0.05) is 23.1 Å². The Labute approximate surface area is 152 Å². The summed E-state index contributed by atoms with van der Waals surface area (Å²) in [5, 5.41) is 21.2. The number of nitrogens with one attached hydrogen (secondary N) is 1. The molecule has 6 nitrogen and oxygen atoms in total. The Hall–Kier alpha value is -3.33. The maximum atomic E-state index is 12.1. The number of benzene rings is 1. The molecule has 1 aromatic carbocycles. The fourth-order valence-corrected chi connectivity index (χ4v) is 2.75. The van der Waals surface area contributed by atoms with Gasteiger partial charge in [-0.3, -0.25) is 4.79 Å². The van der Waals surface area contributed by atoms with Gasteiger partial charge in [0.15, 0.2) is 0 Å². The summed E-state index contributed by atoms with van der Waals surface area (Å²) in [5.74, 6) is -1.41. The molecule has 0 aliphatic carbocycles. The van der Waals surface area contributed by atoms with Crippen LogP contribution in [0.3, 0.4) is 0 Å². The first-order valence-electron chi connectivity index (χ1n) is 8.20. The molecule has 0 aliphatic rings. The molecule has 134 valence electrons. The Morgan fingerprint density at radius 3 is 2.54 bits per heavy atom. The van der Waals surface area contributed by atoms with Gasteiger partial charge in [0.05, 0.1) is 5.56 Å². The molecule has 2 N–H and O–H groups in total. The van der Waals surface area contributed by atoms with E-state index in [-0.39, 0.29) is 17.2 Å². The van der Waals surface area contributed by atoms with Crippen molar-refractivity contribution in [2.24, 2.45) is 0 Å². The van der Waals surface area contributed by atoms with Crippen LogP contribution in [-0.2, 0) is 4.79 Å². The molecule has 0 atom stereocenters. The van der Waals surface area contributed by atoms with Crippen LogP contribution < -0.4 is 5.32 Å².